The van der Waals surface area contributed by atoms with Crippen LogP contribution in [-0.4, -0.2) is 24.1 Å². The Morgan fingerprint density at radius 2 is 0.820 bits per heavy atom. The molecular formula is C55H33N5O. The Morgan fingerprint density at radius 1 is 0.311 bits per heavy atom. The summed E-state index contributed by atoms with van der Waals surface area (Å²) in [5, 5.41) is 8.88. The fraction of sp³-hybridized carbons (Fsp3) is 0. The van der Waals surface area contributed by atoms with Crippen LogP contribution < -0.4 is 0 Å². The SMILES string of the molecule is c1ccc(-c2nc(-c3ccccc3)nc(-c3cc4c5ccccc5oc4c4cc(-n5c6ccccc6c6cc7c8ccccc8n(-c8ccccc8)c7cc65)ccc34)n2)cc1. The molecule has 0 saturated carbocycles. The monoisotopic (exact) mass is 779 g/mol. The van der Waals surface area contributed by atoms with E-state index in [1.54, 1.807) is 0 Å². The van der Waals surface area contributed by atoms with Crippen molar-refractivity contribution in [3.05, 3.63) is 200 Å². The number of hydrogen-bond donors (Lipinski definition) is 0. The third-order valence-electron chi connectivity index (χ3n) is 12.1. The molecule has 0 radical (unpaired) electrons. The van der Waals surface area contributed by atoms with Gasteiger partial charge in [-0.15, -0.1) is 0 Å². The van der Waals surface area contributed by atoms with Crippen LogP contribution in [0.25, 0.3) is 122 Å². The molecule has 0 spiro atoms. The first-order valence-corrected chi connectivity index (χ1v) is 20.5. The van der Waals surface area contributed by atoms with Crippen molar-refractivity contribution in [3.63, 3.8) is 0 Å². The molecule has 0 atom stereocenters. The van der Waals surface area contributed by atoms with Gasteiger partial charge in [-0.1, -0.05) is 140 Å². The molecule has 6 nitrogen and oxygen atoms in total. The molecule has 9 aromatic carbocycles. The second-order valence-corrected chi connectivity index (χ2v) is 15.6. The molecule has 4 aromatic heterocycles. The molecule has 61 heavy (non-hydrogen) atoms. The lowest BCUT2D eigenvalue weighted by atomic mass is 9.98. The Hall–Kier alpha value is -8.35. The zero-order chi connectivity index (χ0) is 40.0. The highest BCUT2D eigenvalue weighted by Crippen LogP contribution is 2.43. The molecule has 0 fully saturated rings. The lowest BCUT2D eigenvalue weighted by Gasteiger charge is -2.14. The van der Waals surface area contributed by atoms with Gasteiger partial charge in [0.15, 0.2) is 17.5 Å². The summed E-state index contributed by atoms with van der Waals surface area (Å²) in [7, 11) is 0. The van der Waals surface area contributed by atoms with Gasteiger partial charge in [0.25, 0.3) is 0 Å². The van der Waals surface area contributed by atoms with Crippen molar-refractivity contribution >= 4 is 76.3 Å². The van der Waals surface area contributed by atoms with Gasteiger partial charge in [0.1, 0.15) is 11.2 Å². The number of furan rings is 1. The maximum absolute atomic E-state index is 6.78. The predicted octanol–water partition coefficient (Wildman–Crippen LogP) is 14.1. The molecule has 13 aromatic rings. The fourth-order valence-corrected chi connectivity index (χ4v) is 9.40. The maximum atomic E-state index is 6.78. The van der Waals surface area contributed by atoms with Gasteiger partial charge in [0.2, 0.25) is 0 Å². The van der Waals surface area contributed by atoms with Crippen LogP contribution in [0.4, 0.5) is 0 Å². The van der Waals surface area contributed by atoms with E-state index in [0.717, 1.165) is 77.3 Å². The number of hydrogen-bond acceptors (Lipinski definition) is 4. The summed E-state index contributed by atoms with van der Waals surface area (Å²) in [5.41, 5.74) is 11.2. The van der Waals surface area contributed by atoms with Crippen LogP contribution in [0.2, 0.25) is 0 Å². The van der Waals surface area contributed by atoms with E-state index in [-0.39, 0.29) is 0 Å². The zero-order valence-corrected chi connectivity index (χ0v) is 32.7. The van der Waals surface area contributed by atoms with Crippen LogP contribution in [0.3, 0.4) is 0 Å². The number of rotatable bonds is 5. The van der Waals surface area contributed by atoms with Crippen LogP contribution in [-0.2, 0) is 0 Å². The van der Waals surface area contributed by atoms with Crippen molar-refractivity contribution in [2.24, 2.45) is 0 Å². The molecule has 0 aliphatic rings. The second-order valence-electron chi connectivity index (χ2n) is 15.6. The normalized spacial score (nSPS) is 11.9. The minimum atomic E-state index is 0.602. The van der Waals surface area contributed by atoms with Crippen molar-refractivity contribution in [1.82, 2.24) is 24.1 Å². The molecule has 0 unspecified atom stereocenters. The zero-order valence-electron chi connectivity index (χ0n) is 32.7. The molecule has 0 amide bonds. The van der Waals surface area contributed by atoms with Crippen LogP contribution >= 0.6 is 0 Å². The first-order valence-electron chi connectivity index (χ1n) is 20.5. The average molecular weight is 780 g/mol. The highest BCUT2D eigenvalue weighted by atomic mass is 16.3. The Bertz CT molecular complexity index is 3810. The molecule has 284 valence electrons. The first kappa shape index (κ1) is 33.6. The quantitative estimate of drug-likeness (QED) is 0.175. The summed E-state index contributed by atoms with van der Waals surface area (Å²) in [5.74, 6) is 1.84. The summed E-state index contributed by atoms with van der Waals surface area (Å²) in [6.07, 6.45) is 0. The number of fused-ring (bicyclic) bond motifs is 11. The first-order chi connectivity index (χ1) is 30.2. The van der Waals surface area contributed by atoms with Gasteiger partial charge < -0.3 is 13.6 Å². The van der Waals surface area contributed by atoms with E-state index >= 15 is 0 Å². The fourth-order valence-electron chi connectivity index (χ4n) is 9.40. The highest BCUT2D eigenvalue weighted by molar-refractivity contribution is 6.21. The topological polar surface area (TPSA) is 61.7 Å². The van der Waals surface area contributed by atoms with Crippen LogP contribution in [0, 0.1) is 0 Å². The summed E-state index contributed by atoms with van der Waals surface area (Å²) < 4.78 is 11.6. The lowest BCUT2D eigenvalue weighted by Crippen LogP contribution is -2.01. The Kier molecular flexibility index (Phi) is 7.21. The van der Waals surface area contributed by atoms with E-state index in [0.29, 0.717) is 17.5 Å². The Morgan fingerprint density at radius 3 is 1.46 bits per heavy atom. The molecule has 13 rings (SSSR count). The van der Waals surface area contributed by atoms with E-state index in [4.69, 9.17) is 19.4 Å². The summed E-state index contributed by atoms with van der Waals surface area (Å²) >= 11 is 0. The molecule has 0 bridgehead atoms. The lowest BCUT2D eigenvalue weighted by molar-refractivity contribution is 0.672. The number of benzene rings is 9. The molecule has 6 heteroatoms. The van der Waals surface area contributed by atoms with Crippen LogP contribution in [0.1, 0.15) is 0 Å². The Labute approximate surface area is 349 Å². The number of aromatic nitrogens is 5. The van der Waals surface area contributed by atoms with Crippen molar-refractivity contribution in [2.75, 3.05) is 0 Å². The molecule has 0 aliphatic heterocycles. The molecule has 0 N–H and O–H groups in total. The minimum absolute atomic E-state index is 0.602. The van der Waals surface area contributed by atoms with Crippen molar-refractivity contribution in [3.8, 4) is 45.5 Å². The van der Waals surface area contributed by atoms with Crippen LogP contribution in [0.15, 0.2) is 205 Å². The van der Waals surface area contributed by atoms with Crippen molar-refractivity contribution in [2.45, 2.75) is 0 Å². The summed E-state index contributed by atoms with van der Waals surface area (Å²) in [6, 6.07) is 70.3. The molecule has 0 aliphatic carbocycles. The van der Waals surface area contributed by atoms with Crippen LogP contribution in [0.5, 0.6) is 0 Å². The molecule has 0 saturated heterocycles. The number of para-hydroxylation sites is 4. The van der Waals surface area contributed by atoms with Gasteiger partial charge in [-0.2, -0.15) is 0 Å². The van der Waals surface area contributed by atoms with Gasteiger partial charge in [-0.3, -0.25) is 0 Å². The third kappa shape index (κ3) is 5.12. The largest absolute Gasteiger partial charge is 0.455 e. The smallest absolute Gasteiger partial charge is 0.164 e. The summed E-state index contributed by atoms with van der Waals surface area (Å²) in [6.45, 7) is 0. The molecular weight excluding hydrogens is 747 g/mol. The average Bonchev–Trinajstić information content (AvgIpc) is 3.98. The van der Waals surface area contributed by atoms with E-state index in [9.17, 15) is 0 Å². The Balaban J connectivity index is 1.11. The molecule has 4 heterocycles. The van der Waals surface area contributed by atoms with E-state index in [2.05, 4.69) is 137 Å². The van der Waals surface area contributed by atoms with Gasteiger partial charge >= 0.3 is 0 Å². The van der Waals surface area contributed by atoms with E-state index < -0.39 is 0 Å². The minimum Gasteiger partial charge on any atom is -0.455 e. The van der Waals surface area contributed by atoms with Gasteiger partial charge in [-0.05, 0) is 66.0 Å². The van der Waals surface area contributed by atoms with Gasteiger partial charge in [0, 0.05) is 65.8 Å². The second kappa shape index (κ2) is 13.1. The van der Waals surface area contributed by atoms with E-state index in [1.165, 1.54) is 27.1 Å². The standard InChI is InChI=1S/C55H33N5O/c1-4-16-34(17-5-1)53-56-54(35-18-6-2-7-19-35)58-55(57-53)46-32-45-41-24-12-15-27-51(41)61-52(45)44-30-37(28-29-38(44)46)60-48-26-14-11-23-40(48)43-31-42-39-22-10-13-25-47(39)59(49(42)33-50(43)60)36-20-8-3-9-21-36/h1-33H. The van der Waals surface area contributed by atoms with Crippen molar-refractivity contribution in [1.29, 1.82) is 0 Å². The van der Waals surface area contributed by atoms with Crippen molar-refractivity contribution < 1.29 is 4.42 Å². The number of nitrogens with zero attached hydrogens (tertiary/aromatic N) is 5. The van der Waals surface area contributed by atoms with Gasteiger partial charge in [0.05, 0.1) is 22.1 Å². The predicted molar refractivity (Wildman–Crippen MR) is 250 cm³/mol. The van der Waals surface area contributed by atoms with E-state index in [1.807, 2.05) is 72.8 Å². The van der Waals surface area contributed by atoms with Gasteiger partial charge in [-0.25, -0.2) is 15.0 Å². The summed E-state index contributed by atoms with van der Waals surface area (Å²) in [4.78, 5) is 15.4. The maximum Gasteiger partial charge on any atom is 0.164 e. The highest BCUT2D eigenvalue weighted by Gasteiger charge is 2.22. The third-order valence-corrected chi connectivity index (χ3v) is 12.1.